The minimum atomic E-state index is -1.06. The van der Waals surface area contributed by atoms with Crippen molar-refractivity contribution >= 4 is 11.9 Å². The Bertz CT molecular complexity index is 181. The summed E-state index contributed by atoms with van der Waals surface area (Å²) in [4.78, 5) is 21.3. The number of carboxylic acid groups (broad SMARTS) is 1. The summed E-state index contributed by atoms with van der Waals surface area (Å²) in [5.74, 6) is -1.49. The number of nitrogens with two attached hydrogens (primary N) is 1. The lowest BCUT2D eigenvalue weighted by molar-refractivity contribution is -0.141. The van der Waals surface area contributed by atoms with E-state index in [9.17, 15) is 9.59 Å². The fourth-order valence-corrected chi connectivity index (χ4v) is 0.568. The van der Waals surface area contributed by atoms with E-state index in [4.69, 9.17) is 10.8 Å². The average molecular weight is 174 g/mol. The van der Waals surface area contributed by atoms with Gasteiger partial charge in [-0.1, -0.05) is 6.92 Å². The van der Waals surface area contributed by atoms with Crippen molar-refractivity contribution in [3.8, 4) is 0 Å². The molecule has 5 nitrogen and oxygen atoms in total. The number of carbonyl (C=O) groups is 2. The first-order chi connectivity index (χ1) is 5.49. The Morgan fingerprint density at radius 2 is 2.08 bits per heavy atom. The lowest BCUT2D eigenvalue weighted by Gasteiger charge is -2.12. The van der Waals surface area contributed by atoms with E-state index in [0.29, 0.717) is 6.42 Å². The molecule has 5 heteroatoms. The molecule has 0 aliphatic heterocycles. The van der Waals surface area contributed by atoms with Crippen molar-refractivity contribution in [2.45, 2.75) is 32.4 Å². The van der Waals surface area contributed by atoms with Gasteiger partial charge in [0.1, 0.15) is 6.04 Å². The monoisotopic (exact) mass is 174 g/mol. The lowest BCUT2D eigenvalue weighted by atomic mass is 10.2. The van der Waals surface area contributed by atoms with Gasteiger partial charge in [0.15, 0.2) is 0 Å². The molecule has 0 aliphatic carbocycles. The maximum Gasteiger partial charge on any atom is 0.325 e. The van der Waals surface area contributed by atoms with E-state index in [2.05, 4.69) is 5.32 Å². The Balaban J connectivity index is 3.92. The number of nitrogens with one attached hydrogen (secondary N) is 1. The number of hydrogen-bond donors (Lipinski definition) is 3. The van der Waals surface area contributed by atoms with Gasteiger partial charge in [0, 0.05) is 0 Å². The van der Waals surface area contributed by atoms with E-state index in [1.807, 2.05) is 0 Å². The van der Waals surface area contributed by atoms with Crippen molar-refractivity contribution in [3.05, 3.63) is 0 Å². The Hall–Kier alpha value is -1.10. The molecular formula is C7H14N2O3. The Morgan fingerprint density at radius 1 is 1.58 bits per heavy atom. The molecule has 0 aromatic carbocycles. The molecule has 0 radical (unpaired) electrons. The van der Waals surface area contributed by atoms with Crippen LogP contribution < -0.4 is 11.1 Å². The van der Waals surface area contributed by atoms with Crippen molar-refractivity contribution in [1.29, 1.82) is 0 Å². The van der Waals surface area contributed by atoms with Crippen molar-refractivity contribution in [2.75, 3.05) is 0 Å². The molecule has 0 unspecified atom stereocenters. The normalized spacial score (nSPS) is 14.9. The third kappa shape index (κ3) is 3.34. The van der Waals surface area contributed by atoms with Gasteiger partial charge in [-0.3, -0.25) is 9.59 Å². The predicted molar refractivity (Wildman–Crippen MR) is 43.5 cm³/mol. The SMILES string of the molecule is CC[C@H](N)C(=O)N[C@H](C)C(=O)O. The van der Waals surface area contributed by atoms with Crippen LogP contribution in [0.15, 0.2) is 0 Å². The summed E-state index contributed by atoms with van der Waals surface area (Å²) in [7, 11) is 0. The van der Waals surface area contributed by atoms with Crippen LogP contribution in [-0.2, 0) is 9.59 Å². The third-order valence-electron chi connectivity index (χ3n) is 1.51. The van der Waals surface area contributed by atoms with Crippen LogP contribution in [0.25, 0.3) is 0 Å². The van der Waals surface area contributed by atoms with Crippen LogP contribution in [0, 0.1) is 0 Å². The summed E-state index contributed by atoms with van der Waals surface area (Å²) in [5.41, 5.74) is 5.36. The van der Waals surface area contributed by atoms with E-state index in [0.717, 1.165) is 0 Å². The number of amides is 1. The summed E-state index contributed by atoms with van der Waals surface area (Å²) in [6, 6.07) is -1.50. The molecule has 0 heterocycles. The highest BCUT2D eigenvalue weighted by molar-refractivity contribution is 5.86. The van der Waals surface area contributed by atoms with Gasteiger partial charge in [0.25, 0.3) is 0 Å². The van der Waals surface area contributed by atoms with E-state index in [1.54, 1.807) is 6.92 Å². The number of carboxylic acids is 1. The van der Waals surface area contributed by atoms with Crippen LogP contribution in [-0.4, -0.2) is 29.1 Å². The first-order valence-electron chi connectivity index (χ1n) is 3.77. The molecule has 0 bridgehead atoms. The van der Waals surface area contributed by atoms with Gasteiger partial charge >= 0.3 is 5.97 Å². The molecule has 12 heavy (non-hydrogen) atoms. The standard InChI is InChI=1S/C7H14N2O3/c1-3-5(8)6(10)9-4(2)7(11)12/h4-5H,3,8H2,1-2H3,(H,9,10)(H,11,12)/t4-,5+/m1/s1. The number of rotatable bonds is 4. The Kier molecular flexibility index (Phi) is 4.28. The maximum absolute atomic E-state index is 11.0. The summed E-state index contributed by atoms with van der Waals surface area (Å²) in [6.45, 7) is 3.15. The average Bonchev–Trinajstić information content (AvgIpc) is 2.02. The Labute approximate surface area is 70.9 Å². The largest absolute Gasteiger partial charge is 0.480 e. The van der Waals surface area contributed by atoms with Crippen LogP contribution in [0.4, 0.5) is 0 Å². The van der Waals surface area contributed by atoms with Crippen LogP contribution in [0.3, 0.4) is 0 Å². The van der Waals surface area contributed by atoms with Gasteiger partial charge in [-0.2, -0.15) is 0 Å². The predicted octanol–water partition coefficient (Wildman–Crippen LogP) is -0.687. The van der Waals surface area contributed by atoms with Crippen molar-refractivity contribution in [2.24, 2.45) is 5.73 Å². The zero-order chi connectivity index (χ0) is 9.72. The number of hydrogen-bond acceptors (Lipinski definition) is 3. The van der Waals surface area contributed by atoms with E-state index < -0.39 is 24.0 Å². The van der Waals surface area contributed by atoms with Gasteiger partial charge < -0.3 is 16.2 Å². The molecule has 4 N–H and O–H groups in total. The summed E-state index contributed by atoms with van der Waals surface area (Å²) in [5, 5.41) is 10.7. The maximum atomic E-state index is 11.0. The highest BCUT2D eigenvalue weighted by Gasteiger charge is 2.17. The lowest BCUT2D eigenvalue weighted by Crippen LogP contribution is -2.46. The van der Waals surface area contributed by atoms with Crippen molar-refractivity contribution in [3.63, 3.8) is 0 Å². The molecule has 0 aromatic heterocycles. The van der Waals surface area contributed by atoms with Crippen LogP contribution in [0.2, 0.25) is 0 Å². The molecule has 70 valence electrons. The second kappa shape index (κ2) is 4.71. The highest BCUT2D eigenvalue weighted by Crippen LogP contribution is 1.88. The second-order valence-electron chi connectivity index (χ2n) is 2.58. The van der Waals surface area contributed by atoms with Crippen LogP contribution in [0.5, 0.6) is 0 Å². The highest BCUT2D eigenvalue weighted by atomic mass is 16.4. The number of carbonyl (C=O) groups excluding carboxylic acids is 1. The minimum absolute atomic E-state index is 0.424. The fraction of sp³-hybridized carbons (Fsp3) is 0.714. The quantitative estimate of drug-likeness (QED) is 0.526. The smallest absolute Gasteiger partial charge is 0.325 e. The fourth-order valence-electron chi connectivity index (χ4n) is 0.568. The number of aliphatic carboxylic acids is 1. The second-order valence-corrected chi connectivity index (χ2v) is 2.58. The molecule has 2 atom stereocenters. The molecule has 0 aromatic rings. The zero-order valence-electron chi connectivity index (χ0n) is 7.20. The van der Waals surface area contributed by atoms with Gasteiger partial charge in [0.05, 0.1) is 6.04 Å². The minimum Gasteiger partial charge on any atom is -0.480 e. The van der Waals surface area contributed by atoms with Gasteiger partial charge in [-0.25, -0.2) is 0 Å². The summed E-state index contributed by atoms with van der Waals surface area (Å²) in [6.07, 6.45) is 0.498. The zero-order valence-corrected chi connectivity index (χ0v) is 7.20. The van der Waals surface area contributed by atoms with E-state index >= 15 is 0 Å². The van der Waals surface area contributed by atoms with Crippen molar-refractivity contribution < 1.29 is 14.7 Å². The Morgan fingerprint density at radius 3 is 2.42 bits per heavy atom. The summed E-state index contributed by atoms with van der Waals surface area (Å²) < 4.78 is 0. The molecular weight excluding hydrogens is 160 g/mol. The molecule has 0 saturated carbocycles. The first kappa shape index (κ1) is 10.9. The van der Waals surface area contributed by atoms with Crippen LogP contribution in [0.1, 0.15) is 20.3 Å². The molecule has 0 fully saturated rings. The molecule has 0 aliphatic rings. The first-order valence-corrected chi connectivity index (χ1v) is 3.77. The molecule has 0 spiro atoms. The van der Waals surface area contributed by atoms with Gasteiger partial charge in [0.2, 0.25) is 5.91 Å². The molecule has 0 saturated heterocycles. The topological polar surface area (TPSA) is 92.4 Å². The van der Waals surface area contributed by atoms with Gasteiger partial charge in [-0.05, 0) is 13.3 Å². The molecule has 0 rings (SSSR count). The van der Waals surface area contributed by atoms with Gasteiger partial charge in [-0.15, -0.1) is 0 Å². The summed E-state index contributed by atoms with van der Waals surface area (Å²) >= 11 is 0. The van der Waals surface area contributed by atoms with E-state index in [1.165, 1.54) is 6.92 Å². The van der Waals surface area contributed by atoms with Crippen LogP contribution >= 0.6 is 0 Å². The van der Waals surface area contributed by atoms with Crippen molar-refractivity contribution in [1.82, 2.24) is 5.32 Å². The van der Waals surface area contributed by atoms with E-state index in [-0.39, 0.29) is 0 Å². The third-order valence-corrected chi connectivity index (χ3v) is 1.51. The molecule has 1 amide bonds.